The summed E-state index contributed by atoms with van der Waals surface area (Å²) in [5.74, 6) is 7.09. The van der Waals surface area contributed by atoms with Crippen LogP contribution in [0.5, 0.6) is 0 Å². The molecule has 0 radical (unpaired) electrons. The van der Waals surface area contributed by atoms with Crippen LogP contribution in [0, 0.1) is 24.2 Å². The monoisotopic (exact) mass is 651 g/mol. The molecule has 50 heavy (non-hydrogen) atoms. The Morgan fingerprint density at radius 2 is 1.80 bits per heavy atom. The van der Waals surface area contributed by atoms with Crippen LogP contribution >= 0.6 is 0 Å². The van der Waals surface area contributed by atoms with Crippen molar-refractivity contribution in [1.29, 1.82) is 0 Å². The van der Waals surface area contributed by atoms with Gasteiger partial charge >= 0.3 is 0 Å². The van der Waals surface area contributed by atoms with E-state index < -0.39 is 0 Å². The molecule has 248 valence electrons. The van der Waals surface area contributed by atoms with Crippen molar-refractivity contribution in [2.45, 2.75) is 77.0 Å². The molecule has 3 atom stereocenters. The molecular formula is C48H45NO. The van der Waals surface area contributed by atoms with Gasteiger partial charge < -0.3 is 9.64 Å². The second kappa shape index (κ2) is 12.1. The van der Waals surface area contributed by atoms with Gasteiger partial charge in [0, 0.05) is 35.3 Å². The van der Waals surface area contributed by atoms with Crippen LogP contribution in [0.2, 0.25) is 0 Å². The smallest absolute Gasteiger partial charge is 0.126 e. The zero-order chi connectivity index (χ0) is 34.0. The van der Waals surface area contributed by atoms with Crippen molar-refractivity contribution in [1.82, 2.24) is 0 Å². The fourth-order valence-electron chi connectivity index (χ4n) is 9.25. The predicted molar refractivity (Wildman–Crippen MR) is 209 cm³/mol. The lowest BCUT2D eigenvalue weighted by Gasteiger charge is -2.30. The summed E-state index contributed by atoms with van der Waals surface area (Å²) in [6.07, 6.45) is 31.5. The third kappa shape index (κ3) is 5.18. The first-order chi connectivity index (χ1) is 24.4. The molecule has 3 aromatic carbocycles. The molecule has 1 saturated carbocycles. The highest BCUT2D eigenvalue weighted by Crippen LogP contribution is 2.54. The lowest BCUT2D eigenvalue weighted by molar-refractivity contribution is 0.337. The number of hydrogen-bond acceptors (Lipinski definition) is 2. The Morgan fingerprint density at radius 3 is 2.66 bits per heavy atom. The van der Waals surface area contributed by atoms with Crippen molar-refractivity contribution in [3.05, 3.63) is 154 Å². The molecule has 9 rings (SSSR count). The lowest BCUT2D eigenvalue weighted by atomic mass is 9.78. The highest BCUT2D eigenvalue weighted by atomic mass is 16.5. The first kappa shape index (κ1) is 31.0. The van der Waals surface area contributed by atoms with Crippen molar-refractivity contribution < 1.29 is 4.74 Å². The highest BCUT2D eigenvalue weighted by Gasteiger charge is 2.43. The molecule has 2 nitrogen and oxygen atoms in total. The van der Waals surface area contributed by atoms with Gasteiger partial charge in [0.15, 0.2) is 0 Å². The first-order valence-corrected chi connectivity index (χ1v) is 18.6. The topological polar surface area (TPSA) is 12.5 Å². The van der Waals surface area contributed by atoms with Gasteiger partial charge in [0.05, 0.1) is 0 Å². The van der Waals surface area contributed by atoms with Crippen LogP contribution in [0.1, 0.15) is 93.9 Å². The molecule has 0 amide bonds. The Balaban J connectivity index is 1.12. The van der Waals surface area contributed by atoms with Crippen molar-refractivity contribution in [2.75, 3.05) is 4.90 Å². The fraction of sp³-hybridized carbons (Fsp3) is 0.292. The molecule has 0 N–H and O–H groups in total. The fourth-order valence-corrected chi connectivity index (χ4v) is 9.25. The predicted octanol–water partition coefficient (Wildman–Crippen LogP) is 12.5. The van der Waals surface area contributed by atoms with Crippen LogP contribution in [0.15, 0.2) is 132 Å². The maximum absolute atomic E-state index is 6.44. The van der Waals surface area contributed by atoms with E-state index in [1.54, 1.807) is 5.57 Å². The minimum atomic E-state index is -0.0225. The van der Waals surface area contributed by atoms with Crippen molar-refractivity contribution in [2.24, 2.45) is 11.8 Å². The molecule has 0 spiro atoms. The van der Waals surface area contributed by atoms with Crippen LogP contribution in [-0.4, -0.2) is 0 Å². The molecule has 3 unspecified atom stereocenters. The van der Waals surface area contributed by atoms with Crippen LogP contribution in [0.3, 0.4) is 0 Å². The summed E-state index contributed by atoms with van der Waals surface area (Å²) in [5.41, 5.74) is 15.8. The summed E-state index contributed by atoms with van der Waals surface area (Å²) >= 11 is 0. The molecular weight excluding hydrogens is 607 g/mol. The number of nitrogens with zero attached hydrogens (tertiary/aromatic N) is 1. The van der Waals surface area contributed by atoms with E-state index in [2.05, 4.69) is 141 Å². The van der Waals surface area contributed by atoms with Crippen LogP contribution in [0.4, 0.5) is 11.4 Å². The second-order valence-electron chi connectivity index (χ2n) is 15.5. The third-order valence-corrected chi connectivity index (χ3v) is 12.1. The van der Waals surface area contributed by atoms with Crippen LogP contribution < -0.4 is 4.90 Å². The van der Waals surface area contributed by atoms with E-state index in [0.29, 0.717) is 18.3 Å². The SMILES string of the molecule is C#CC/C(=C\C=C1/CC2=C(C=CCC3CC23)O1)N(c1ccc(-c2cccc3c2C=CCC3C)cc1)c1ccc2c(c1)C(C)(C)C1=C2C=CCC1. The van der Waals surface area contributed by atoms with Gasteiger partial charge in [-0.25, -0.2) is 0 Å². The maximum atomic E-state index is 6.44. The third-order valence-electron chi connectivity index (χ3n) is 12.1. The normalized spacial score (nSPS) is 24.6. The minimum Gasteiger partial charge on any atom is -0.461 e. The van der Waals surface area contributed by atoms with E-state index in [-0.39, 0.29) is 5.41 Å². The maximum Gasteiger partial charge on any atom is 0.126 e. The van der Waals surface area contributed by atoms with Crippen molar-refractivity contribution in [3.8, 4) is 23.5 Å². The van der Waals surface area contributed by atoms with Gasteiger partial charge in [-0.2, -0.15) is 0 Å². The number of anilines is 2. The van der Waals surface area contributed by atoms with Crippen molar-refractivity contribution >= 4 is 23.0 Å². The number of allylic oxidation sites excluding steroid dienone is 11. The first-order valence-electron chi connectivity index (χ1n) is 18.6. The quantitative estimate of drug-likeness (QED) is 0.246. The van der Waals surface area contributed by atoms with Crippen molar-refractivity contribution in [3.63, 3.8) is 0 Å². The molecule has 5 aliphatic carbocycles. The van der Waals surface area contributed by atoms with E-state index in [9.17, 15) is 0 Å². The molecule has 1 heterocycles. The van der Waals surface area contributed by atoms with Gasteiger partial charge in [-0.3, -0.25) is 0 Å². The molecule has 0 aromatic heterocycles. The summed E-state index contributed by atoms with van der Waals surface area (Å²) in [6.45, 7) is 7.11. The molecule has 3 aromatic rings. The number of terminal acetylenes is 1. The van der Waals surface area contributed by atoms with Gasteiger partial charge in [0.1, 0.15) is 11.5 Å². The molecule has 0 saturated heterocycles. The summed E-state index contributed by atoms with van der Waals surface area (Å²) in [4.78, 5) is 2.37. The summed E-state index contributed by atoms with van der Waals surface area (Å²) in [5, 5.41) is 0. The number of fused-ring (bicyclic) bond motifs is 5. The Kier molecular flexibility index (Phi) is 7.51. The van der Waals surface area contributed by atoms with Gasteiger partial charge in [-0.1, -0.05) is 93.1 Å². The molecule has 2 heteroatoms. The Morgan fingerprint density at radius 1 is 0.960 bits per heavy atom. The zero-order valence-electron chi connectivity index (χ0n) is 29.5. The molecule has 0 bridgehead atoms. The number of rotatable bonds is 6. The average Bonchev–Trinajstić information content (AvgIpc) is 3.77. The van der Waals surface area contributed by atoms with Crippen LogP contribution in [0.25, 0.3) is 22.8 Å². The van der Waals surface area contributed by atoms with E-state index in [4.69, 9.17) is 11.2 Å². The van der Waals surface area contributed by atoms with Gasteiger partial charge in [-0.15, -0.1) is 12.3 Å². The van der Waals surface area contributed by atoms with E-state index in [1.165, 1.54) is 57.4 Å². The molecule has 1 fully saturated rings. The Bertz CT molecular complexity index is 2170. The van der Waals surface area contributed by atoms with E-state index in [0.717, 1.165) is 60.2 Å². The second-order valence-corrected chi connectivity index (χ2v) is 15.5. The average molecular weight is 652 g/mol. The standard InChI is InChI=1S/C48H45NO/c1-5-11-34(24-26-37-30-44-43-28-33(43)13-9-19-47(44)50-37)49(36-25-27-42-41-14-6-7-18-45(41)48(3,4)46(42)29-36)35-22-20-32(21-23-35)39-16-10-15-38-31(2)12-8-17-40(38)39/h1,6,8-10,14-17,19-27,29,31,33,43H,7,11-13,18,28,30H2,2-4H3/b34-24+,37-26+. The van der Waals surface area contributed by atoms with Gasteiger partial charge in [-0.05, 0) is 137 Å². The summed E-state index contributed by atoms with van der Waals surface area (Å²) < 4.78 is 6.44. The Labute approximate surface area is 298 Å². The number of benzene rings is 3. The number of ether oxygens (including phenoxy) is 1. The minimum absolute atomic E-state index is 0.0225. The summed E-state index contributed by atoms with van der Waals surface area (Å²) in [7, 11) is 0. The lowest BCUT2D eigenvalue weighted by Crippen LogP contribution is -2.20. The zero-order valence-corrected chi connectivity index (χ0v) is 29.5. The molecule has 6 aliphatic rings. The highest BCUT2D eigenvalue weighted by molar-refractivity contribution is 5.88. The van der Waals surface area contributed by atoms with E-state index >= 15 is 0 Å². The van der Waals surface area contributed by atoms with E-state index in [1.807, 2.05) is 0 Å². The van der Waals surface area contributed by atoms with Gasteiger partial charge in [0.2, 0.25) is 0 Å². The summed E-state index contributed by atoms with van der Waals surface area (Å²) in [6, 6.07) is 22.9. The van der Waals surface area contributed by atoms with Gasteiger partial charge in [0.25, 0.3) is 0 Å². The molecule has 1 aliphatic heterocycles. The Hall–Kier alpha value is -5.00. The number of hydrogen-bond donors (Lipinski definition) is 0. The largest absolute Gasteiger partial charge is 0.461 e. The van der Waals surface area contributed by atoms with Crippen LogP contribution in [-0.2, 0) is 10.2 Å².